The average molecular weight is 317 g/mol. The van der Waals surface area contributed by atoms with Crippen LogP contribution < -0.4 is 5.32 Å². The molecule has 0 aliphatic rings. The Morgan fingerprint density at radius 3 is 2.41 bits per heavy atom. The van der Waals surface area contributed by atoms with E-state index >= 15 is 0 Å². The minimum Gasteiger partial charge on any atom is -0.324 e. The summed E-state index contributed by atoms with van der Waals surface area (Å²) in [5.41, 5.74) is 4.16. The van der Waals surface area contributed by atoms with Gasteiger partial charge >= 0.3 is 0 Å². The number of hydrogen-bond acceptors (Lipinski definition) is 4. The van der Waals surface area contributed by atoms with Crippen molar-refractivity contribution in [3.8, 4) is 0 Å². The van der Waals surface area contributed by atoms with Crippen molar-refractivity contribution in [2.45, 2.75) is 34.2 Å². The molecule has 1 N–H and O–H groups in total. The fourth-order valence-corrected chi connectivity index (χ4v) is 3.47. The van der Waals surface area contributed by atoms with Gasteiger partial charge in [-0.1, -0.05) is 18.2 Å². The topological polar surface area (TPSA) is 45.2 Å². The zero-order valence-electron chi connectivity index (χ0n) is 13.9. The Labute approximate surface area is 136 Å². The van der Waals surface area contributed by atoms with Crippen LogP contribution in [0, 0.1) is 27.7 Å². The second-order valence-electron chi connectivity index (χ2n) is 5.73. The van der Waals surface area contributed by atoms with Crippen LogP contribution in [-0.2, 0) is 11.3 Å². The molecule has 0 radical (unpaired) electrons. The van der Waals surface area contributed by atoms with E-state index in [1.165, 1.54) is 4.88 Å². The lowest BCUT2D eigenvalue weighted by Crippen LogP contribution is -2.30. The van der Waals surface area contributed by atoms with Gasteiger partial charge in [0.2, 0.25) is 5.91 Å². The molecule has 4 nitrogen and oxygen atoms in total. The van der Waals surface area contributed by atoms with E-state index in [0.29, 0.717) is 6.54 Å². The van der Waals surface area contributed by atoms with Gasteiger partial charge in [-0.15, -0.1) is 11.3 Å². The molecule has 0 saturated heterocycles. The van der Waals surface area contributed by atoms with Gasteiger partial charge in [-0.25, -0.2) is 4.98 Å². The summed E-state index contributed by atoms with van der Waals surface area (Å²) in [4.78, 5) is 19.9. The highest BCUT2D eigenvalue weighted by Crippen LogP contribution is 2.20. The van der Waals surface area contributed by atoms with Crippen LogP contribution in [0.15, 0.2) is 18.2 Å². The molecular weight excluding hydrogens is 294 g/mol. The van der Waals surface area contributed by atoms with E-state index in [1.807, 2.05) is 57.8 Å². The van der Waals surface area contributed by atoms with Gasteiger partial charge in [0.05, 0.1) is 17.2 Å². The Bertz CT molecular complexity index is 658. The van der Waals surface area contributed by atoms with E-state index in [-0.39, 0.29) is 5.91 Å². The lowest BCUT2D eigenvalue weighted by atomic mass is 10.1. The third kappa shape index (κ3) is 4.15. The first-order valence-electron chi connectivity index (χ1n) is 7.34. The fraction of sp³-hybridized carbons (Fsp3) is 0.412. The van der Waals surface area contributed by atoms with Gasteiger partial charge in [0.15, 0.2) is 0 Å². The number of thiazole rings is 1. The summed E-state index contributed by atoms with van der Waals surface area (Å²) in [7, 11) is 1.96. The van der Waals surface area contributed by atoms with Crippen LogP contribution >= 0.6 is 11.3 Å². The van der Waals surface area contributed by atoms with Crippen molar-refractivity contribution in [1.29, 1.82) is 0 Å². The number of nitrogens with one attached hydrogen (secondary N) is 1. The van der Waals surface area contributed by atoms with Gasteiger partial charge in [0, 0.05) is 17.1 Å². The molecule has 0 atom stereocenters. The summed E-state index contributed by atoms with van der Waals surface area (Å²) in [6.45, 7) is 9.16. The van der Waals surface area contributed by atoms with E-state index in [9.17, 15) is 4.79 Å². The lowest BCUT2D eigenvalue weighted by Gasteiger charge is -2.17. The first-order chi connectivity index (χ1) is 10.4. The van der Waals surface area contributed by atoms with Gasteiger partial charge in [-0.05, 0) is 45.9 Å². The van der Waals surface area contributed by atoms with E-state index in [0.717, 1.165) is 34.1 Å². The van der Waals surface area contributed by atoms with E-state index in [4.69, 9.17) is 0 Å². The molecule has 0 saturated carbocycles. The predicted molar refractivity (Wildman–Crippen MR) is 92.5 cm³/mol. The Kier molecular flexibility index (Phi) is 5.32. The standard InChI is InChI=1S/C17H23N3OS/c1-11-7-6-8-12(2)17(11)19-16(21)10-20(5)9-15-13(3)18-14(4)22-15/h6-8H,9-10H2,1-5H3,(H,19,21). The number of anilines is 1. The highest BCUT2D eigenvalue weighted by atomic mass is 32.1. The molecule has 0 unspecified atom stereocenters. The summed E-state index contributed by atoms with van der Waals surface area (Å²) >= 11 is 1.69. The number of amides is 1. The number of hydrogen-bond donors (Lipinski definition) is 1. The first kappa shape index (κ1) is 16.6. The van der Waals surface area contributed by atoms with Gasteiger partial charge in [0.1, 0.15) is 0 Å². The average Bonchev–Trinajstić information content (AvgIpc) is 2.72. The number of aromatic nitrogens is 1. The molecule has 0 bridgehead atoms. The van der Waals surface area contributed by atoms with E-state index in [1.54, 1.807) is 11.3 Å². The summed E-state index contributed by atoms with van der Waals surface area (Å²) in [5, 5.41) is 4.09. The second kappa shape index (κ2) is 7.03. The van der Waals surface area contributed by atoms with Crippen LogP contribution in [0.3, 0.4) is 0 Å². The Hall–Kier alpha value is -1.72. The van der Waals surface area contributed by atoms with Crippen molar-refractivity contribution in [3.63, 3.8) is 0 Å². The molecule has 0 spiro atoms. The monoisotopic (exact) mass is 317 g/mol. The number of aryl methyl sites for hydroxylation is 4. The van der Waals surface area contributed by atoms with Crippen molar-refractivity contribution < 1.29 is 4.79 Å². The van der Waals surface area contributed by atoms with Crippen molar-refractivity contribution in [3.05, 3.63) is 44.9 Å². The van der Waals surface area contributed by atoms with Crippen molar-refractivity contribution >= 4 is 22.9 Å². The molecule has 0 aliphatic heterocycles. The van der Waals surface area contributed by atoms with Crippen molar-refractivity contribution in [2.75, 3.05) is 18.9 Å². The van der Waals surface area contributed by atoms with Crippen molar-refractivity contribution in [1.82, 2.24) is 9.88 Å². The molecule has 22 heavy (non-hydrogen) atoms. The second-order valence-corrected chi connectivity index (χ2v) is 7.02. The normalized spacial score (nSPS) is 11.0. The lowest BCUT2D eigenvalue weighted by molar-refractivity contribution is -0.117. The Morgan fingerprint density at radius 2 is 1.86 bits per heavy atom. The van der Waals surface area contributed by atoms with Crippen LogP contribution in [0.2, 0.25) is 0 Å². The molecule has 118 valence electrons. The first-order valence-corrected chi connectivity index (χ1v) is 8.16. The third-order valence-electron chi connectivity index (χ3n) is 3.57. The smallest absolute Gasteiger partial charge is 0.238 e. The Balaban J connectivity index is 1.95. The number of carbonyl (C=O) groups excluding carboxylic acids is 1. The predicted octanol–water partition coefficient (Wildman–Crippen LogP) is 3.45. The Morgan fingerprint density at radius 1 is 1.23 bits per heavy atom. The summed E-state index contributed by atoms with van der Waals surface area (Å²) in [6, 6.07) is 6.02. The third-order valence-corrected chi connectivity index (χ3v) is 4.63. The van der Waals surface area contributed by atoms with Crippen LogP contribution in [0.5, 0.6) is 0 Å². The fourth-order valence-electron chi connectivity index (χ4n) is 2.46. The molecule has 0 fully saturated rings. The largest absolute Gasteiger partial charge is 0.324 e. The molecule has 1 aromatic heterocycles. The number of carbonyl (C=O) groups is 1. The molecule has 5 heteroatoms. The highest BCUT2D eigenvalue weighted by molar-refractivity contribution is 7.11. The van der Waals surface area contributed by atoms with Crippen molar-refractivity contribution in [2.24, 2.45) is 0 Å². The van der Waals surface area contributed by atoms with Crippen LogP contribution in [0.1, 0.15) is 26.7 Å². The highest BCUT2D eigenvalue weighted by Gasteiger charge is 2.12. The maximum absolute atomic E-state index is 12.2. The maximum Gasteiger partial charge on any atom is 0.238 e. The van der Waals surface area contributed by atoms with Gasteiger partial charge in [-0.2, -0.15) is 0 Å². The quantitative estimate of drug-likeness (QED) is 0.918. The SMILES string of the molecule is Cc1nc(C)c(CN(C)CC(=O)Nc2c(C)cccc2C)s1. The molecule has 1 heterocycles. The molecule has 1 amide bonds. The van der Waals surface area contributed by atoms with Gasteiger partial charge < -0.3 is 5.32 Å². The number of likely N-dealkylation sites (N-methyl/N-ethyl adjacent to an activating group) is 1. The minimum atomic E-state index is 0.0128. The molecular formula is C17H23N3OS. The van der Waals surface area contributed by atoms with Crippen LogP contribution in [0.25, 0.3) is 0 Å². The van der Waals surface area contributed by atoms with Gasteiger partial charge in [0.25, 0.3) is 0 Å². The maximum atomic E-state index is 12.2. The molecule has 2 rings (SSSR count). The number of benzene rings is 1. The summed E-state index contributed by atoms with van der Waals surface area (Å²) in [5.74, 6) is 0.0128. The molecule has 0 aliphatic carbocycles. The molecule has 2 aromatic rings. The number of para-hydroxylation sites is 1. The van der Waals surface area contributed by atoms with Gasteiger partial charge in [-0.3, -0.25) is 9.69 Å². The minimum absolute atomic E-state index is 0.0128. The summed E-state index contributed by atoms with van der Waals surface area (Å²) < 4.78 is 0. The van der Waals surface area contributed by atoms with E-state index < -0.39 is 0 Å². The van der Waals surface area contributed by atoms with Crippen LogP contribution in [-0.4, -0.2) is 29.4 Å². The molecule has 1 aromatic carbocycles. The summed E-state index contributed by atoms with van der Waals surface area (Å²) in [6.07, 6.45) is 0. The van der Waals surface area contributed by atoms with Crippen LogP contribution in [0.4, 0.5) is 5.69 Å². The zero-order chi connectivity index (χ0) is 16.3. The number of rotatable bonds is 5. The zero-order valence-corrected chi connectivity index (χ0v) is 14.7. The number of nitrogens with zero attached hydrogens (tertiary/aromatic N) is 2. The van der Waals surface area contributed by atoms with E-state index in [2.05, 4.69) is 10.3 Å².